The monoisotopic (exact) mass is 234 g/mol. The molecule has 17 heavy (non-hydrogen) atoms. The number of carboxylic acids is 1. The fourth-order valence-corrected chi connectivity index (χ4v) is 1.69. The van der Waals surface area contributed by atoms with E-state index in [1.54, 1.807) is 13.8 Å². The largest absolute Gasteiger partial charge is 0.477 e. The van der Waals surface area contributed by atoms with Crippen LogP contribution in [-0.2, 0) is 0 Å². The summed E-state index contributed by atoms with van der Waals surface area (Å²) in [5, 5.41) is 20.6. The first kappa shape index (κ1) is 11.2. The standard InChI is InChI=1S/C10H10N4O3/c1-4-7(10(16)17)9-12-11-8(6(3)15)5(2)14(9)13-4/h1-3H3,(H,16,17). The van der Waals surface area contributed by atoms with Crippen molar-refractivity contribution in [3.05, 3.63) is 22.6 Å². The van der Waals surface area contributed by atoms with Gasteiger partial charge in [-0.25, -0.2) is 9.31 Å². The number of carboxylic acid groups (broad SMARTS) is 1. The number of hydrogen-bond acceptors (Lipinski definition) is 5. The van der Waals surface area contributed by atoms with Gasteiger partial charge in [0.15, 0.2) is 11.4 Å². The van der Waals surface area contributed by atoms with Gasteiger partial charge in [-0.2, -0.15) is 5.10 Å². The highest BCUT2D eigenvalue weighted by atomic mass is 16.4. The van der Waals surface area contributed by atoms with E-state index in [0.29, 0.717) is 11.4 Å². The SMILES string of the molecule is CC(=O)c1nnc2c(C(=O)O)c(C)nn2c1C. The third-order valence-electron chi connectivity index (χ3n) is 2.49. The summed E-state index contributed by atoms with van der Waals surface area (Å²) in [5.74, 6) is -1.34. The molecule has 7 heteroatoms. The third-order valence-corrected chi connectivity index (χ3v) is 2.49. The van der Waals surface area contributed by atoms with Gasteiger partial charge in [0, 0.05) is 6.92 Å². The fourth-order valence-electron chi connectivity index (χ4n) is 1.69. The number of fused-ring (bicyclic) bond motifs is 1. The van der Waals surface area contributed by atoms with Crippen molar-refractivity contribution in [2.24, 2.45) is 0 Å². The molecule has 0 fully saturated rings. The molecule has 0 radical (unpaired) electrons. The van der Waals surface area contributed by atoms with E-state index < -0.39 is 5.97 Å². The van der Waals surface area contributed by atoms with Crippen LogP contribution in [0.4, 0.5) is 0 Å². The number of nitrogens with zero attached hydrogens (tertiary/aromatic N) is 4. The van der Waals surface area contributed by atoms with Gasteiger partial charge in [0.1, 0.15) is 11.3 Å². The Balaban J connectivity index is 2.86. The second-order valence-corrected chi connectivity index (χ2v) is 3.69. The molecule has 2 aromatic rings. The zero-order chi connectivity index (χ0) is 12.7. The van der Waals surface area contributed by atoms with Gasteiger partial charge in [0.25, 0.3) is 0 Å². The molecular weight excluding hydrogens is 224 g/mol. The molecule has 0 bridgehead atoms. The average Bonchev–Trinajstić information content (AvgIpc) is 2.55. The van der Waals surface area contributed by atoms with Crippen LogP contribution in [0.5, 0.6) is 0 Å². The molecule has 0 unspecified atom stereocenters. The van der Waals surface area contributed by atoms with Crippen molar-refractivity contribution in [1.29, 1.82) is 0 Å². The number of carbonyl (C=O) groups is 2. The first-order chi connectivity index (χ1) is 7.93. The summed E-state index contributed by atoms with van der Waals surface area (Å²) in [7, 11) is 0. The maximum absolute atomic E-state index is 11.3. The Kier molecular flexibility index (Phi) is 2.38. The van der Waals surface area contributed by atoms with Gasteiger partial charge in [-0.3, -0.25) is 4.79 Å². The summed E-state index contributed by atoms with van der Waals surface area (Å²) in [6.45, 7) is 4.60. The summed E-state index contributed by atoms with van der Waals surface area (Å²) in [5.41, 5.74) is 1.18. The number of ketones is 1. The molecule has 2 heterocycles. The van der Waals surface area contributed by atoms with Crippen LogP contribution >= 0.6 is 0 Å². The van der Waals surface area contributed by atoms with E-state index in [1.165, 1.54) is 11.4 Å². The molecule has 88 valence electrons. The van der Waals surface area contributed by atoms with Crippen LogP contribution in [0.3, 0.4) is 0 Å². The molecule has 0 aromatic carbocycles. The van der Waals surface area contributed by atoms with Gasteiger partial charge in [0.05, 0.1) is 11.4 Å². The van der Waals surface area contributed by atoms with E-state index >= 15 is 0 Å². The molecule has 0 saturated heterocycles. The van der Waals surface area contributed by atoms with Crippen LogP contribution in [-0.4, -0.2) is 36.7 Å². The Morgan fingerprint density at radius 3 is 2.41 bits per heavy atom. The van der Waals surface area contributed by atoms with Crippen molar-refractivity contribution in [3.63, 3.8) is 0 Å². The van der Waals surface area contributed by atoms with Gasteiger partial charge >= 0.3 is 5.97 Å². The predicted molar refractivity (Wildman–Crippen MR) is 57.2 cm³/mol. The zero-order valence-corrected chi connectivity index (χ0v) is 9.55. The smallest absolute Gasteiger partial charge is 0.341 e. The minimum Gasteiger partial charge on any atom is -0.477 e. The van der Waals surface area contributed by atoms with Crippen LogP contribution in [0.2, 0.25) is 0 Å². The number of hydrogen-bond donors (Lipinski definition) is 1. The number of carbonyl (C=O) groups excluding carboxylic acids is 1. The number of aryl methyl sites for hydroxylation is 2. The van der Waals surface area contributed by atoms with E-state index in [9.17, 15) is 9.59 Å². The molecule has 0 aliphatic rings. The average molecular weight is 234 g/mol. The third kappa shape index (κ3) is 1.55. The highest BCUT2D eigenvalue weighted by Crippen LogP contribution is 2.15. The van der Waals surface area contributed by atoms with Gasteiger partial charge in [-0.05, 0) is 13.8 Å². The van der Waals surface area contributed by atoms with Crippen molar-refractivity contribution >= 4 is 17.4 Å². The minimum atomic E-state index is -1.11. The molecule has 7 nitrogen and oxygen atoms in total. The highest BCUT2D eigenvalue weighted by molar-refractivity contribution is 5.96. The molecule has 0 spiro atoms. The topological polar surface area (TPSA) is 97.5 Å². The lowest BCUT2D eigenvalue weighted by Gasteiger charge is -2.01. The Labute approximate surface area is 96.1 Å². The Morgan fingerprint density at radius 1 is 1.24 bits per heavy atom. The van der Waals surface area contributed by atoms with E-state index in [4.69, 9.17) is 5.11 Å². The van der Waals surface area contributed by atoms with Crippen molar-refractivity contribution in [3.8, 4) is 0 Å². The van der Waals surface area contributed by atoms with Gasteiger partial charge in [0.2, 0.25) is 0 Å². The fraction of sp³-hybridized carbons (Fsp3) is 0.300. The quantitative estimate of drug-likeness (QED) is 0.766. The first-order valence-electron chi connectivity index (χ1n) is 4.90. The second kappa shape index (κ2) is 3.62. The minimum absolute atomic E-state index is 0.00991. The van der Waals surface area contributed by atoms with Crippen LogP contribution in [0.1, 0.15) is 39.2 Å². The lowest BCUT2D eigenvalue weighted by Crippen LogP contribution is -2.10. The van der Waals surface area contributed by atoms with Crippen molar-refractivity contribution in [1.82, 2.24) is 19.8 Å². The van der Waals surface area contributed by atoms with E-state index in [1.807, 2.05) is 0 Å². The zero-order valence-electron chi connectivity index (χ0n) is 9.55. The maximum Gasteiger partial charge on any atom is 0.341 e. The predicted octanol–water partition coefficient (Wildman–Crippen LogP) is 0.642. The molecule has 0 aliphatic heterocycles. The number of aromatic carboxylic acids is 1. The van der Waals surface area contributed by atoms with Gasteiger partial charge in [-0.1, -0.05) is 0 Å². The van der Waals surface area contributed by atoms with Gasteiger partial charge < -0.3 is 5.11 Å². The van der Waals surface area contributed by atoms with Crippen molar-refractivity contribution in [2.45, 2.75) is 20.8 Å². The molecule has 0 aliphatic carbocycles. The summed E-state index contributed by atoms with van der Waals surface area (Å²) in [6.07, 6.45) is 0. The lowest BCUT2D eigenvalue weighted by molar-refractivity contribution is 0.0697. The summed E-state index contributed by atoms with van der Waals surface area (Å²) < 4.78 is 1.34. The Bertz CT molecular complexity index is 645. The first-order valence-corrected chi connectivity index (χ1v) is 4.90. The molecule has 0 saturated carbocycles. The maximum atomic E-state index is 11.3. The molecule has 0 atom stereocenters. The van der Waals surface area contributed by atoms with Crippen LogP contribution < -0.4 is 0 Å². The van der Waals surface area contributed by atoms with Crippen molar-refractivity contribution in [2.75, 3.05) is 0 Å². The molecule has 1 N–H and O–H groups in total. The summed E-state index contributed by atoms with van der Waals surface area (Å²) >= 11 is 0. The number of Topliss-reactive ketones (excluding diaryl/α,β-unsaturated/α-hetero) is 1. The Morgan fingerprint density at radius 2 is 1.88 bits per heavy atom. The summed E-state index contributed by atoms with van der Waals surface area (Å²) in [6, 6.07) is 0. The van der Waals surface area contributed by atoms with E-state index in [2.05, 4.69) is 15.3 Å². The summed E-state index contributed by atoms with van der Waals surface area (Å²) in [4.78, 5) is 22.3. The molecule has 2 rings (SSSR count). The molecular formula is C10H10N4O3. The van der Waals surface area contributed by atoms with Crippen LogP contribution in [0.15, 0.2) is 0 Å². The molecule has 0 amide bonds. The van der Waals surface area contributed by atoms with Crippen LogP contribution in [0, 0.1) is 13.8 Å². The van der Waals surface area contributed by atoms with E-state index in [-0.39, 0.29) is 22.7 Å². The Hall–Kier alpha value is -2.31. The van der Waals surface area contributed by atoms with Crippen molar-refractivity contribution < 1.29 is 14.7 Å². The highest BCUT2D eigenvalue weighted by Gasteiger charge is 2.21. The van der Waals surface area contributed by atoms with Crippen LogP contribution in [0.25, 0.3) is 5.65 Å². The van der Waals surface area contributed by atoms with Gasteiger partial charge in [-0.15, -0.1) is 10.2 Å². The number of aromatic nitrogens is 4. The lowest BCUT2D eigenvalue weighted by atomic mass is 10.2. The number of rotatable bonds is 2. The molecule has 2 aromatic heterocycles. The normalized spacial score (nSPS) is 10.8. The van der Waals surface area contributed by atoms with E-state index in [0.717, 1.165) is 0 Å². The second-order valence-electron chi connectivity index (χ2n) is 3.69.